The molecule has 0 saturated heterocycles. The zero-order valence-corrected chi connectivity index (χ0v) is 12.6. The van der Waals surface area contributed by atoms with Gasteiger partial charge in [0.25, 0.3) is 5.91 Å². The Morgan fingerprint density at radius 3 is 2.70 bits per heavy atom. The van der Waals surface area contributed by atoms with Crippen LogP contribution in [0.3, 0.4) is 0 Å². The SMILES string of the molecule is CCC(C)(CCCl)NC(=O)c1ccc2c(c1)OCCO2. The van der Waals surface area contributed by atoms with Crippen molar-refractivity contribution >= 4 is 17.5 Å². The number of fused-ring (bicyclic) bond motifs is 1. The van der Waals surface area contributed by atoms with Crippen LogP contribution in [0, 0.1) is 0 Å². The van der Waals surface area contributed by atoms with E-state index in [0.717, 1.165) is 12.8 Å². The van der Waals surface area contributed by atoms with E-state index in [1.807, 2.05) is 13.8 Å². The van der Waals surface area contributed by atoms with Gasteiger partial charge in [-0.25, -0.2) is 0 Å². The van der Waals surface area contributed by atoms with Crippen LogP contribution < -0.4 is 14.8 Å². The van der Waals surface area contributed by atoms with Crippen LogP contribution in [0.15, 0.2) is 18.2 Å². The molecule has 0 radical (unpaired) electrons. The smallest absolute Gasteiger partial charge is 0.251 e. The Bertz CT molecular complexity index is 492. The number of rotatable bonds is 5. The van der Waals surface area contributed by atoms with Crippen LogP contribution in [-0.2, 0) is 0 Å². The normalized spacial score (nSPS) is 16.4. The minimum Gasteiger partial charge on any atom is -0.486 e. The van der Waals surface area contributed by atoms with E-state index >= 15 is 0 Å². The molecule has 0 saturated carbocycles. The van der Waals surface area contributed by atoms with Crippen LogP contribution in [0.2, 0.25) is 0 Å². The summed E-state index contributed by atoms with van der Waals surface area (Å²) >= 11 is 5.80. The predicted molar refractivity (Wildman–Crippen MR) is 78.9 cm³/mol. The van der Waals surface area contributed by atoms with E-state index in [2.05, 4.69) is 5.32 Å². The highest BCUT2D eigenvalue weighted by Crippen LogP contribution is 2.31. The standard InChI is InChI=1S/C15H20ClNO3/c1-3-15(2,6-7-16)17-14(18)11-4-5-12-13(10-11)20-9-8-19-12/h4-5,10H,3,6-9H2,1-2H3,(H,17,18). The van der Waals surface area contributed by atoms with Crippen LogP contribution >= 0.6 is 11.6 Å². The Hall–Kier alpha value is -1.42. The molecule has 0 aromatic heterocycles. The third-order valence-corrected chi connectivity index (χ3v) is 3.84. The molecule has 0 aliphatic carbocycles. The maximum Gasteiger partial charge on any atom is 0.251 e. The molecule has 110 valence electrons. The lowest BCUT2D eigenvalue weighted by Gasteiger charge is -2.29. The zero-order chi connectivity index (χ0) is 14.6. The molecular weight excluding hydrogens is 278 g/mol. The van der Waals surface area contributed by atoms with E-state index in [1.165, 1.54) is 0 Å². The number of carbonyl (C=O) groups is 1. The van der Waals surface area contributed by atoms with Crippen molar-refractivity contribution in [2.75, 3.05) is 19.1 Å². The fraction of sp³-hybridized carbons (Fsp3) is 0.533. The van der Waals surface area contributed by atoms with E-state index in [9.17, 15) is 4.79 Å². The highest BCUT2D eigenvalue weighted by Gasteiger charge is 2.25. The molecule has 0 fully saturated rings. The number of alkyl halides is 1. The summed E-state index contributed by atoms with van der Waals surface area (Å²) < 4.78 is 10.9. The van der Waals surface area contributed by atoms with Crippen molar-refractivity contribution in [2.45, 2.75) is 32.2 Å². The summed E-state index contributed by atoms with van der Waals surface area (Å²) in [6.07, 6.45) is 1.57. The molecule has 1 aliphatic rings. The van der Waals surface area contributed by atoms with Crippen molar-refractivity contribution in [2.24, 2.45) is 0 Å². The molecule has 1 atom stereocenters. The van der Waals surface area contributed by atoms with Gasteiger partial charge in [-0.2, -0.15) is 0 Å². The second-order valence-corrected chi connectivity index (χ2v) is 5.54. The largest absolute Gasteiger partial charge is 0.486 e. The van der Waals surface area contributed by atoms with Crippen LogP contribution in [0.25, 0.3) is 0 Å². The van der Waals surface area contributed by atoms with Gasteiger partial charge in [0.15, 0.2) is 11.5 Å². The number of halogens is 1. The van der Waals surface area contributed by atoms with Crippen molar-refractivity contribution in [1.82, 2.24) is 5.32 Å². The van der Waals surface area contributed by atoms with Gasteiger partial charge >= 0.3 is 0 Å². The molecule has 2 rings (SSSR count). The van der Waals surface area contributed by atoms with Gasteiger partial charge in [0, 0.05) is 17.0 Å². The quantitative estimate of drug-likeness (QED) is 0.850. The Balaban J connectivity index is 2.13. The molecule has 1 amide bonds. The van der Waals surface area contributed by atoms with E-state index in [4.69, 9.17) is 21.1 Å². The van der Waals surface area contributed by atoms with Gasteiger partial charge in [-0.05, 0) is 38.0 Å². The van der Waals surface area contributed by atoms with E-state index in [0.29, 0.717) is 36.2 Å². The van der Waals surface area contributed by atoms with Crippen molar-refractivity contribution < 1.29 is 14.3 Å². The number of benzene rings is 1. The Morgan fingerprint density at radius 1 is 1.35 bits per heavy atom. The van der Waals surface area contributed by atoms with Gasteiger partial charge in [0.05, 0.1) is 0 Å². The van der Waals surface area contributed by atoms with Crippen molar-refractivity contribution in [3.8, 4) is 11.5 Å². The lowest BCUT2D eigenvalue weighted by atomic mass is 9.95. The fourth-order valence-electron chi connectivity index (χ4n) is 2.07. The number of hydrogen-bond donors (Lipinski definition) is 1. The highest BCUT2D eigenvalue weighted by molar-refractivity contribution is 6.17. The molecule has 20 heavy (non-hydrogen) atoms. The average Bonchev–Trinajstić information content (AvgIpc) is 2.47. The van der Waals surface area contributed by atoms with E-state index < -0.39 is 0 Å². The molecule has 0 spiro atoms. The van der Waals surface area contributed by atoms with E-state index in [1.54, 1.807) is 18.2 Å². The molecule has 1 N–H and O–H groups in total. The predicted octanol–water partition coefficient (Wildman–Crippen LogP) is 2.99. The van der Waals surface area contributed by atoms with Gasteiger partial charge in [-0.15, -0.1) is 11.6 Å². The first kappa shape index (κ1) is 15.0. The summed E-state index contributed by atoms with van der Waals surface area (Å²) in [6, 6.07) is 5.24. The summed E-state index contributed by atoms with van der Waals surface area (Å²) in [6.45, 7) is 5.10. The van der Waals surface area contributed by atoms with Crippen LogP contribution in [0.1, 0.15) is 37.0 Å². The molecule has 1 aromatic carbocycles. The maximum absolute atomic E-state index is 12.3. The van der Waals surface area contributed by atoms with Crippen LogP contribution in [0.4, 0.5) is 0 Å². The number of ether oxygens (including phenoxy) is 2. The molecule has 1 aliphatic heterocycles. The van der Waals surface area contributed by atoms with Crippen molar-refractivity contribution in [1.29, 1.82) is 0 Å². The topological polar surface area (TPSA) is 47.6 Å². The molecule has 5 heteroatoms. The molecule has 1 aromatic rings. The number of amides is 1. The minimum atomic E-state index is -0.286. The summed E-state index contributed by atoms with van der Waals surface area (Å²) in [4.78, 5) is 12.3. The molecule has 1 heterocycles. The van der Waals surface area contributed by atoms with Crippen LogP contribution in [0.5, 0.6) is 11.5 Å². The van der Waals surface area contributed by atoms with Gasteiger partial charge in [0.2, 0.25) is 0 Å². The second kappa shape index (κ2) is 6.35. The summed E-state index contributed by atoms with van der Waals surface area (Å²) in [5.41, 5.74) is 0.287. The fourth-order valence-corrected chi connectivity index (χ4v) is 2.48. The van der Waals surface area contributed by atoms with Crippen molar-refractivity contribution in [3.63, 3.8) is 0 Å². The zero-order valence-electron chi connectivity index (χ0n) is 11.9. The Labute approximate surface area is 124 Å². The monoisotopic (exact) mass is 297 g/mol. The minimum absolute atomic E-state index is 0.114. The number of carbonyl (C=O) groups excluding carboxylic acids is 1. The van der Waals surface area contributed by atoms with E-state index in [-0.39, 0.29) is 11.4 Å². The van der Waals surface area contributed by atoms with Gasteiger partial charge in [-0.1, -0.05) is 6.92 Å². The average molecular weight is 298 g/mol. The lowest BCUT2D eigenvalue weighted by Crippen LogP contribution is -2.45. The Kier molecular flexibility index (Phi) is 4.76. The van der Waals surface area contributed by atoms with Gasteiger partial charge in [0.1, 0.15) is 13.2 Å². The molecule has 0 bridgehead atoms. The number of hydrogen-bond acceptors (Lipinski definition) is 3. The van der Waals surface area contributed by atoms with Crippen molar-refractivity contribution in [3.05, 3.63) is 23.8 Å². The molecule has 4 nitrogen and oxygen atoms in total. The first-order valence-electron chi connectivity index (χ1n) is 6.86. The van der Waals surface area contributed by atoms with Gasteiger partial charge < -0.3 is 14.8 Å². The first-order valence-corrected chi connectivity index (χ1v) is 7.39. The Morgan fingerprint density at radius 2 is 2.05 bits per heavy atom. The molecule has 1 unspecified atom stereocenters. The summed E-state index contributed by atoms with van der Waals surface area (Å²) in [7, 11) is 0. The highest BCUT2D eigenvalue weighted by atomic mass is 35.5. The first-order chi connectivity index (χ1) is 9.58. The lowest BCUT2D eigenvalue weighted by molar-refractivity contribution is 0.0900. The summed E-state index contributed by atoms with van der Waals surface area (Å²) in [5.74, 6) is 1.72. The summed E-state index contributed by atoms with van der Waals surface area (Å²) in [5, 5.41) is 3.05. The van der Waals surface area contributed by atoms with Crippen LogP contribution in [-0.4, -0.2) is 30.5 Å². The third kappa shape index (κ3) is 3.37. The second-order valence-electron chi connectivity index (χ2n) is 5.17. The number of nitrogens with one attached hydrogen (secondary N) is 1. The van der Waals surface area contributed by atoms with Gasteiger partial charge in [-0.3, -0.25) is 4.79 Å². The molecular formula is C15H20ClNO3. The third-order valence-electron chi connectivity index (χ3n) is 3.65. The maximum atomic E-state index is 12.3.